The highest BCUT2D eigenvalue weighted by Crippen LogP contribution is 2.35. The lowest BCUT2D eigenvalue weighted by Crippen LogP contribution is -1.96. The van der Waals surface area contributed by atoms with Gasteiger partial charge in [-0.3, -0.25) is 0 Å². The van der Waals surface area contributed by atoms with Gasteiger partial charge >= 0.3 is 0 Å². The van der Waals surface area contributed by atoms with E-state index in [1.807, 2.05) is 30.3 Å². The summed E-state index contributed by atoms with van der Waals surface area (Å²) in [6, 6.07) is 11.7. The molecule has 0 unspecified atom stereocenters. The molecule has 2 aromatic rings. The first kappa shape index (κ1) is 16.5. The molecule has 0 aromatic heterocycles. The predicted molar refractivity (Wildman–Crippen MR) is 93.1 cm³/mol. The highest BCUT2D eigenvalue weighted by atomic mass is 79.9. The zero-order valence-electron chi connectivity index (χ0n) is 12.2. The van der Waals surface area contributed by atoms with E-state index in [1.54, 1.807) is 6.92 Å². The van der Waals surface area contributed by atoms with Gasteiger partial charge in [0.2, 0.25) is 0 Å². The van der Waals surface area contributed by atoms with E-state index in [1.165, 1.54) is 0 Å². The van der Waals surface area contributed by atoms with Crippen molar-refractivity contribution in [1.29, 1.82) is 0 Å². The fraction of sp³-hybridized carbons (Fsp3) is 0.294. The second-order valence-electron chi connectivity index (χ2n) is 5.30. The highest BCUT2D eigenvalue weighted by molar-refractivity contribution is 9.10. The average Bonchev–Trinajstić information content (AvgIpc) is 2.40. The molecule has 1 atom stereocenters. The Hall–Kier alpha value is -0.840. The molecule has 0 aliphatic heterocycles. The number of halogens is 2. The van der Waals surface area contributed by atoms with E-state index < -0.39 is 6.10 Å². The Balaban J connectivity index is 2.32. The molecule has 1 N–H and O–H groups in total. The first-order valence-electron chi connectivity index (χ1n) is 6.83. The molecule has 0 saturated carbocycles. The van der Waals surface area contributed by atoms with E-state index in [9.17, 15) is 5.11 Å². The molecule has 2 nitrogen and oxygen atoms in total. The van der Waals surface area contributed by atoms with E-state index in [4.69, 9.17) is 4.74 Å². The Morgan fingerprint density at radius 1 is 0.952 bits per heavy atom. The van der Waals surface area contributed by atoms with Crippen LogP contribution in [-0.4, -0.2) is 5.11 Å². The van der Waals surface area contributed by atoms with E-state index in [-0.39, 0.29) is 0 Å². The van der Waals surface area contributed by atoms with E-state index in [0.29, 0.717) is 5.92 Å². The minimum absolute atomic E-state index is 0.373. The maximum atomic E-state index is 9.66. The number of aliphatic hydroxyl groups is 1. The Morgan fingerprint density at radius 3 is 2.24 bits per heavy atom. The summed E-state index contributed by atoms with van der Waals surface area (Å²) < 4.78 is 7.90. The molecule has 2 rings (SSSR count). The van der Waals surface area contributed by atoms with Crippen molar-refractivity contribution in [1.82, 2.24) is 0 Å². The molecule has 4 heteroatoms. The molecule has 0 amide bonds. The van der Waals surface area contributed by atoms with Crippen LogP contribution in [0.25, 0.3) is 0 Å². The number of aliphatic hydroxyl groups excluding tert-OH is 1. The molecule has 0 saturated heterocycles. The average molecular weight is 414 g/mol. The lowest BCUT2D eigenvalue weighted by Gasteiger charge is -2.15. The van der Waals surface area contributed by atoms with Crippen molar-refractivity contribution in [2.24, 2.45) is 0 Å². The summed E-state index contributed by atoms with van der Waals surface area (Å²) in [7, 11) is 0. The molecule has 0 spiro atoms. The third-order valence-electron chi connectivity index (χ3n) is 3.24. The summed E-state index contributed by atoms with van der Waals surface area (Å²) >= 11 is 6.97. The number of rotatable bonds is 4. The fourth-order valence-corrected chi connectivity index (χ4v) is 3.17. The molecule has 21 heavy (non-hydrogen) atoms. The van der Waals surface area contributed by atoms with E-state index >= 15 is 0 Å². The standard InChI is InChI=1S/C17H18Br2O2/c1-10(2)15-8-12(18)4-7-17(15)21-13-5-6-14(11(3)20)16(19)9-13/h4-11,20H,1-3H3/t11-/m1/s1. The van der Waals surface area contributed by atoms with Crippen molar-refractivity contribution in [3.63, 3.8) is 0 Å². The molecule has 0 aliphatic carbocycles. The zero-order chi connectivity index (χ0) is 15.6. The van der Waals surface area contributed by atoms with Gasteiger partial charge < -0.3 is 9.84 Å². The van der Waals surface area contributed by atoms with Gasteiger partial charge in [-0.1, -0.05) is 51.8 Å². The monoisotopic (exact) mass is 412 g/mol. The summed E-state index contributed by atoms with van der Waals surface area (Å²) in [4.78, 5) is 0. The lowest BCUT2D eigenvalue weighted by atomic mass is 10.0. The van der Waals surface area contributed by atoms with Crippen LogP contribution in [0.4, 0.5) is 0 Å². The Bertz CT molecular complexity index is 637. The smallest absolute Gasteiger partial charge is 0.130 e. The second kappa shape index (κ2) is 6.95. The fourth-order valence-electron chi connectivity index (χ4n) is 2.10. The first-order valence-corrected chi connectivity index (χ1v) is 8.42. The normalized spacial score (nSPS) is 12.5. The maximum absolute atomic E-state index is 9.66. The first-order chi connectivity index (χ1) is 9.88. The molecule has 0 bridgehead atoms. The van der Waals surface area contributed by atoms with Crippen LogP contribution in [0.2, 0.25) is 0 Å². The van der Waals surface area contributed by atoms with Gasteiger partial charge in [-0.2, -0.15) is 0 Å². The minimum atomic E-state index is -0.507. The van der Waals surface area contributed by atoms with Gasteiger partial charge in [-0.25, -0.2) is 0 Å². The number of ether oxygens (including phenoxy) is 1. The van der Waals surface area contributed by atoms with Gasteiger partial charge in [0.1, 0.15) is 11.5 Å². The second-order valence-corrected chi connectivity index (χ2v) is 7.07. The molecule has 0 fully saturated rings. The summed E-state index contributed by atoms with van der Waals surface area (Å²) in [6.07, 6.45) is -0.507. The van der Waals surface area contributed by atoms with Gasteiger partial charge in [0.15, 0.2) is 0 Å². The van der Waals surface area contributed by atoms with Gasteiger partial charge in [-0.15, -0.1) is 0 Å². The lowest BCUT2D eigenvalue weighted by molar-refractivity contribution is 0.198. The molecular weight excluding hydrogens is 396 g/mol. The molecular formula is C17H18Br2O2. The predicted octanol–water partition coefficient (Wildman–Crippen LogP) is 6.18. The van der Waals surface area contributed by atoms with Crippen molar-refractivity contribution in [2.45, 2.75) is 32.8 Å². The van der Waals surface area contributed by atoms with E-state index in [0.717, 1.165) is 31.6 Å². The van der Waals surface area contributed by atoms with Crippen molar-refractivity contribution >= 4 is 31.9 Å². The summed E-state index contributed by atoms with van der Waals surface area (Å²) in [5.74, 6) is 1.97. The number of benzene rings is 2. The number of hydrogen-bond acceptors (Lipinski definition) is 2. The van der Waals surface area contributed by atoms with Gasteiger partial charge in [-0.05, 0) is 54.3 Å². The topological polar surface area (TPSA) is 29.5 Å². The number of hydrogen-bond donors (Lipinski definition) is 1. The zero-order valence-corrected chi connectivity index (χ0v) is 15.4. The van der Waals surface area contributed by atoms with Crippen LogP contribution in [0.1, 0.15) is 43.9 Å². The summed E-state index contributed by atoms with van der Waals surface area (Å²) in [6.45, 7) is 6.02. The van der Waals surface area contributed by atoms with Crippen LogP contribution < -0.4 is 4.74 Å². The third-order valence-corrected chi connectivity index (χ3v) is 4.42. The van der Waals surface area contributed by atoms with Crippen LogP contribution >= 0.6 is 31.9 Å². The third kappa shape index (κ3) is 4.09. The minimum Gasteiger partial charge on any atom is -0.457 e. The Kier molecular flexibility index (Phi) is 5.47. The highest BCUT2D eigenvalue weighted by Gasteiger charge is 2.11. The molecule has 0 aliphatic rings. The van der Waals surface area contributed by atoms with Crippen LogP contribution in [0.3, 0.4) is 0 Å². The van der Waals surface area contributed by atoms with Crippen LogP contribution in [0, 0.1) is 0 Å². The van der Waals surface area contributed by atoms with Crippen molar-refractivity contribution in [2.75, 3.05) is 0 Å². The van der Waals surface area contributed by atoms with Crippen LogP contribution in [-0.2, 0) is 0 Å². The SMILES string of the molecule is CC(C)c1cc(Br)ccc1Oc1ccc([C@@H](C)O)c(Br)c1. The quantitative estimate of drug-likeness (QED) is 0.648. The summed E-state index contributed by atoms with van der Waals surface area (Å²) in [5.41, 5.74) is 2.00. The molecule has 0 radical (unpaired) electrons. The molecule has 112 valence electrons. The van der Waals surface area contributed by atoms with Crippen LogP contribution in [0.15, 0.2) is 45.3 Å². The van der Waals surface area contributed by atoms with Gasteiger partial charge in [0.05, 0.1) is 6.10 Å². The van der Waals surface area contributed by atoms with Crippen molar-refractivity contribution in [3.05, 3.63) is 56.5 Å². The summed E-state index contributed by atoms with van der Waals surface area (Å²) in [5, 5.41) is 9.66. The molecule has 0 heterocycles. The van der Waals surface area contributed by atoms with Crippen LogP contribution in [0.5, 0.6) is 11.5 Å². The van der Waals surface area contributed by atoms with Crippen molar-refractivity contribution < 1.29 is 9.84 Å². The Morgan fingerprint density at radius 2 is 1.67 bits per heavy atom. The largest absolute Gasteiger partial charge is 0.457 e. The van der Waals surface area contributed by atoms with E-state index in [2.05, 4.69) is 51.8 Å². The van der Waals surface area contributed by atoms with Gasteiger partial charge in [0.25, 0.3) is 0 Å². The van der Waals surface area contributed by atoms with Crippen molar-refractivity contribution in [3.8, 4) is 11.5 Å². The Labute approximate surface area is 142 Å². The maximum Gasteiger partial charge on any atom is 0.130 e. The van der Waals surface area contributed by atoms with Gasteiger partial charge in [0, 0.05) is 8.95 Å². The molecule has 2 aromatic carbocycles.